The summed E-state index contributed by atoms with van der Waals surface area (Å²) in [4.78, 5) is 14.4. The number of rotatable bonds is 10. The summed E-state index contributed by atoms with van der Waals surface area (Å²) in [5.41, 5.74) is 3.36. The SMILES string of the molecule is CCOc1ccc(/C=C/C(=O)NCc2ccc(CN(CC)CC)cc2)cc1. The predicted octanol–water partition coefficient (Wildman–Crippen LogP) is 4.26. The number of benzene rings is 2. The molecule has 144 valence electrons. The second-order valence-corrected chi connectivity index (χ2v) is 6.33. The van der Waals surface area contributed by atoms with Crippen LogP contribution in [0.4, 0.5) is 0 Å². The lowest BCUT2D eigenvalue weighted by atomic mass is 10.1. The number of ether oxygens (including phenoxy) is 1. The van der Waals surface area contributed by atoms with Gasteiger partial charge in [-0.1, -0.05) is 50.2 Å². The van der Waals surface area contributed by atoms with Crippen molar-refractivity contribution in [1.82, 2.24) is 10.2 Å². The van der Waals surface area contributed by atoms with Crippen LogP contribution in [-0.4, -0.2) is 30.5 Å². The second-order valence-electron chi connectivity index (χ2n) is 6.33. The van der Waals surface area contributed by atoms with Crippen LogP contribution in [0, 0.1) is 0 Å². The first kappa shape index (κ1) is 20.7. The van der Waals surface area contributed by atoms with E-state index in [2.05, 4.69) is 48.3 Å². The maximum atomic E-state index is 12.0. The maximum Gasteiger partial charge on any atom is 0.244 e. The van der Waals surface area contributed by atoms with E-state index in [1.807, 2.05) is 31.2 Å². The highest BCUT2D eigenvalue weighted by Gasteiger charge is 2.02. The molecule has 0 aliphatic carbocycles. The van der Waals surface area contributed by atoms with Crippen LogP contribution < -0.4 is 10.1 Å². The first-order valence-corrected chi connectivity index (χ1v) is 9.63. The van der Waals surface area contributed by atoms with E-state index in [1.54, 1.807) is 12.2 Å². The van der Waals surface area contributed by atoms with Crippen molar-refractivity contribution in [2.24, 2.45) is 0 Å². The van der Waals surface area contributed by atoms with Crippen LogP contribution in [0.15, 0.2) is 54.6 Å². The molecule has 0 atom stereocenters. The third-order valence-corrected chi connectivity index (χ3v) is 4.41. The number of hydrogen-bond acceptors (Lipinski definition) is 3. The van der Waals surface area contributed by atoms with Gasteiger partial charge >= 0.3 is 0 Å². The van der Waals surface area contributed by atoms with Gasteiger partial charge in [-0.3, -0.25) is 9.69 Å². The molecule has 2 rings (SSSR count). The fourth-order valence-electron chi connectivity index (χ4n) is 2.73. The predicted molar refractivity (Wildman–Crippen MR) is 112 cm³/mol. The molecule has 0 aliphatic heterocycles. The number of carbonyl (C=O) groups is 1. The Morgan fingerprint density at radius 3 is 2.19 bits per heavy atom. The van der Waals surface area contributed by atoms with E-state index in [4.69, 9.17) is 4.74 Å². The minimum atomic E-state index is -0.101. The molecule has 1 N–H and O–H groups in total. The maximum absolute atomic E-state index is 12.0. The Hall–Kier alpha value is -2.59. The van der Waals surface area contributed by atoms with Crippen molar-refractivity contribution >= 4 is 12.0 Å². The highest BCUT2D eigenvalue weighted by Crippen LogP contribution is 2.13. The van der Waals surface area contributed by atoms with E-state index >= 15 is 0 Å². The van der Waals surface area contributed by atoms with Gasteiger partial charge in [-0.25, -0.2) is 0 Å². The Kier molecular flexibility index (Phi) is 8.59. The average Bonchev–Trinajstić information content (AvgIpc) is 2.71. The molecule has 2 aromatic carbocycles. The first-order valence-electron chi connectivity index (χ1n) is 9.63. The van der Waals surface area contributed by atoms with Crippen LogP contribution in [0.25, 0.3) is 6.08 Å². The van der Waals surface area contributed by atoms with Gasteiger partial charge in [0.15, 0.2) is 0 Å². The summed E-state index contributed by atoms with van der Waals surface area (Å²) >= 11 is 0. The van der Waals surface area contributed by atoms with Crippen LogP contribution in [0.3, 0.4) is 0 Å². The summed E-state index contributed by atoms with van der Waals surface area (Å²) < 4.78 is 5.41. The highest BCUT2D eigenvalue weighted by molar-refractivity contribution is 5.91. The standard InChI is InChI=1S/C23H30N2O2/c1-4-25(5-2)18-21-9-7-20(8-10-21)17-24-23(26)16-13-19-11-14-22(15-12-19)27-6-3/h7-16H,4-6,17-18H2,1-3H3,(H,24,26)/b16-13+. The van der Waals surface area contributed by atoms with Crippen LogP contribution in [-0.2, 0) is 17.9 Å². The Labute approximate surface area is 162 Å². The topological polar surface area (TPSA) is 41.6 Å². The zero-order chi connectivity index (χ0) is 19.5. The lowest BCUT2D eigenvalue weighted by Gasteiger charge is -2.18. The third kappa shape index (κ3) is 7.27. The van der Waals surface area contributed by atoms with Crippen LogP contribution in [0.2, 0.25) is 0 Å². The van der Waals surface area contributed by atoms with Crippen LogP contribution >= 0.6 is 0 Å². The molecular weight excluding hydrogens is 336 g/mol. The number of amides is 1. The molecule has 4 nitrogen and oxygen atoms in total. The normalized spacial score (nSPS) is 11.1. The van der Waals surface area contributed by atoms with Crippen molar-refractivity contribution in [1.29, 1.82) is 0 Å². The average molecular weight is 367 g/mol. The molecular formula is C23H30N2O2. The summed E-state index contributed by atoms with van der Waals surface area (Å²) in [6, 6.07) is 16.1. The van der Waals surface area contributed by atoms with E-state index < -0.39 is 0 Å². The lowest BCUT2D eigenvalue weighted by molar-refractivity contribution is -0.116. The minimum absolute atomic E-state index is 0.101. The number of nitrogens with one attached hydrogen (secondary N) is 1. The van der Waals surface area contributed by atoms with Crippen LogP contribution in [0.1, 0.15) is 37.5 Å². The van der Waals surface area contributed by atoms with E-state index in [1.165, 1.54) is 5.56 Å². The number of nitrogens with zero attached hydrogens (tertiary/aromatic N) is 1. The summed E-state index contributed by atoms with van der Waals surface area (Å²) in [6.07, 6.45) is 3.36. The van der Waals surface area contributed by atoms with Gasteiger partial charge in [0.1, 0.15) is 5.75 Å². The number of carbonyl (C=O) groups excluding carboxylic acids is 1. The molecule has 0 radical (unpaired) electrons. The molecule has 27 heavy (non-hydrogen) atoms. The van der Waals surface area contributed by atoms with Crippen molar-refractivity contribution < 1.29 is 9.53 Å². The van der Waals surface area contributed by atoms with E-state index in [9.17, 15) is 4.79 Å². The molecule has 0 aromatic heterocycles. The molecule has 0 heterocycles. The van der Waals surface area contributed by atoms with Crippen molar-refractivity contribution in [2.75, 3.05) is 19.7 Å². The quantitative estimate of drug-likeness (QED) is 0.639. The van der Waals surface area contributed by atoms with Gasteiger partial charge in [0.2, 0.25) is 5.91 Å². The molecule has 4 heteroatoms. The van der Waals surface area contributed by atoms with Gasteiger partial charge in [0.25, 0.3) is 0 Å². The van der Waals surface area contributed by atoms with Crippen molar-refractivity contribution in [3.63, 3.8) is 0 Å². The largest absolute Gasteiger partial charge is 0.494 e. The smallest absolute Gasteiger partial charge is 0.244 e. The van der Waals surface area contributed by atoms with Gasteiger partial charge in [-0.05, 0) is 54.9 Å². The van der Waals surface area contributed by atoms with Gasteiger partial charge in [-0.15, -0.1) is 0 Å². The van der Waals surface area contributed by atoms with Gasteiger partial charge < -0.3 is 10.1 Å². The molecule has 0 unspecified atom stereocenters. The first-order chi connectivity index (χ1) is 13.1. The molecule has 0 spiro atoms. The molecule has 1 amide bonds. The van der Waals surface area contributed by atoms with E-state index in [0.717, 1.165) is 36.5 Å². The van der Waals surface area contributed by atoms with Crippen molar-refractivity contribution in [3.8, 4) is 5.75 Å². The summed E-state index contributed by atoms with van der Waals surface area (Å²) in [7, 11) is 0. The molecule has 0 saturated carbocycles. The fraction of sp³-hybridized carbons (Fsp3) is 0.348. The van der Waals surface area contributed by atoms with Crippen molar-refractivity contribution in [2.45, 2.75) is 33.9 Å². The highest BCUT2D eigenvalue weighted by atomic mass is 16.5. The minimum Gasteiger partial charge on any atom is -0.494 e. The Morgan fingerprint density at radius 1 is 0.963 bits per heavy atom. The van der Waals surface area contributed by atoms with Crippen molar-refractivity contribution in [3.05, 3.63) is 71.3 Å². The van der Waals surface area contributed by atoms with Gasteiger partial charge in [0.05, 0.1) is 6.61 Å². The summed E-state index contributed by atoms with van der Waals surface area (Å²) in [6.45, 7) is 10.5. The fourth-order valence-corrected chi connectivity index (χ4v) is 2.73. The van der Waals surface area contributed by atoms with Crippen LogP contribution in [0.5, 0.6) is 5.75 Å². The van der Waals surface area contributed by atoms with E-state index in [0.29, 0.717) is 13.2 Å². The lowest BCUT2D eigenvalue weighted by Crippen LogP contribution is -2.22. The Bertz CT molecular complexity index is 717. The van der Waals surface area contributed by atoms with Gasteiger partial charge in [0, 0.05) is 19.2 Å². The Morgan fingerprint density at radius 2 is 1.59 bits per heavy atom. The monoisotopic (exact) mass is 366 g/mol. The third-order valence-electron chi connectivity index (χ3n) is 4.41. The summed E-state index contributed by atoms with van der Waals surface area (Å²) in [5, 5.41) is 2.92. The van der Waals surface area contributed by atoms with Gasteiger partial charge in [-0.2, -0.15) is 0 Å². The number of hydrogen-bond donors (Lipinski definition) is 1. The Balaban J connectivity index is 1.80. The zero-order valence-corrected chi connectivity index (χ0v) is 16.6. The van der Waals surface area contributed by atoms with E-state index in [-0.39, 0.29) is 5.91 Å². The molecule has 0 fully saturated rings. The molecule has 2 aromatic rings. The zero-order valence-electron chi connectivity index (χ0n) is 16.6. The molecule has 0 saturated heterocycles. The molecule has 0 aliphatic rings. The molecule has 0 bridgehead atoms. The summed E-state index contributed by atoms with van der Waals surface area (Å²) in [5.74, 6) is 0.736. The second kappa shape index (κ2) is 11.2.